The number of nitrogens with zero attached hydrogens (tertiary/aromatic N) is 4. The third-order valence-electron chi connectivity index (χ3n) is 6.24. The molecule has 1 N–H and O–H groups in total. The minimum Gasteiger partial charge on any atom is -0.368 e. The molecule has 1 aliphatic rings. The Labute approximate surface area is 260 Å². The molecule has 0 spiro atoms. The van der Waals surface area contributed by atoms with Crippen LogP contribution in [0.15, 0.2) is 48.5 Å². The van der Waals surface area contributed by atoms with Crippen molar-refractivity contribution < 1.29 is 4.79 Å². The van der Waals surface area contributed by atoms with Gasteiger partial charge in [0.2, 0.25) is 0 Å². The molecule has 0 atom stereocenters. The fourth-order valence-electron chi connectivity index (χ4n) is 4.45. The van der Waals surface area contributed by atoms with Crippen molar-refractivity contribution in [2.24, 2.45) is 0 Å². The summed E-state index contributed by atoms with van der Waals surface area (Å²) < 4.78 is 2.10. The van der Waals surface area contributed by atoms with Crippen LogP contribution in [0.25, 0.3) is 5.69 Å². The summed E-state index contributed by atoms with van der Waals surface area (Å²) in [5.74, 6) is 0.807. The maximum absolute atomic E-state index is 13.0. The number of halogens is 6. The average Bonchev–Trinajstić information content (AvgIpc) is 3.18. The molecule has 38 heavy (non-hydrogen) atoms. The van der Waals surface area contributed by atoms with Crippen LogP contribution in [0.4, 0.5) is 5.69 Å². The maximum Gasteiger partial charge on any atom is 0.271 e. The number of carbonyl (C=O) groups excluding carboxylic acids is 1. The second-order valence-electron chi connectivity index (χ2n) is 8.54. The summed E-state index contributed by atoms with van der Waals surface area (Å²) in [5.41, 5.74) is 3.40. The molecule has 1 fully saturated rings. The van der Waals surface area contributed by atoms with E-state index in [1.54, 1.807) is 0 Å². The number of benzene rings is 2. The van der Waals surface area contributed by atoms with Gasteiger partial charge in [-0.3, -0.25) is 9.69 Å². The zero-order valence-electron chi connectivity index (χ0n) is 21.4. The first-order valence-electron chi connectivity index (χ1n) is 11.8. The Hall–Kier alpha value is -1.38. The molecule has 2 aromatic carbocycles. The van der Waals surface area contributed by atoms with Gasteiger partial charge in [-0.05, 0) is 37.6 Å². The SMILES string of the molecule is CCCc1nc(C(=O)NCCN2CCN(c3cccc(Cl)c3Cl)CC2)c(C)n1-c1ccccc1.Cl.Cl.Cl.Cl. The Kier molecular flexibility index (Phi) is 16.7. The Morgan fingerprint density at radius 3 is 2.24 bits per heavy atom. The molecular weight excluding hydrogens is 611 g/mol. The van der Waals surface area contributed by atoms with E-state index in [9.17, 15) is 4.79 Å². The minimum atomic E-state index is -0.117. The summed E-state index contributed by atoms with van der Waals surface area (Å²) in [6.45, 7) is 9.01. The van der Waals surface area contributed by atoms with E-state index in [2.05, 4.69) is 26.6 Å². The van der Waals surface area contributed by atoms with Crippen LogP contribution < -0.4 is 10.2 Å². The maximum atomic E-state index is 13.0. The molecule has 6 nitrogen and oxygen atoms in total. The van der Waals surface area contributed by atoms with Crippen LogP contribution in [0.2, 0.25) is 10.0 Å². The number of imidazole rings is 1. The number of nitrogens with one attached hydrogen (secondary N) is 1. The highest BCUT2D eigenvalue weighted by Crippen LogP contribution is 2.32. The smallest absolute Gasteiger partial charge is 0.271 e. The molecule has 0 aliphatic carbocycles. The zero-order valence-corrected chi connectivity index (χ0v) is 26.1. The lowest BCUT2D eigenvalue weighted by atomic mass is 10.2. The number of amides is 1. The molecular formula is C26H35Cl6N5O. The number of aryl methyl sites for hydroxylation is 1. The summed E-state index contributed by atoms with van der Waals surface area (Å²) in [6.07, 6.45) is 1.79. The molecule has 1 aliphatic heterocycles. The molecule has 0 saturated carbocycles. The summed E-state index contributed by atoms with van der Waals surface area (Å²) in [4.78, 5) is 22.3. The van der Waals surface area contributed by atoms with Crippen LogP contribution in [0.3, 0.4) is 0 Å². The highest BCUT2D eigenvalue weighted by molar-refractivity contribution is 6.43. The number of piperazine rings is 1. The van der Waals surface area contributed by atoms with Gasteiger partial charge in [0, 0.05) is 51.4 Å². The van der Waals surface area contributed by atoms with E-state index in [-0.39, 0.29) is 55.5 Å². The molecule has 12 heteroatoms. The third-order valence-corrected chi connectivity index (χ3v) is 7.05. The van der Waals surface area contributed by atoms with Gasteiger partial charge in [0.1, 0.15) is 11.5 Å². The van der Waals surface area contributed by atoms with Crippen molar-refractivity contribution in [3.8, 4) is 5.69 Å². The Balaban J connectivity index is 0.00000342. The van der Waals surface area contributed by atoms with Crippen molar-refractivity contribution in [1.82, 2.24) is 19.8 Å². The van der Waals surface area contributed by atoms with Gasteiger partial charge in [-0.25, -0.2) is 4.98 Å². The highest BCUT2D eigenvalue weighted by Gasteiger charge is 2.22. The highest BCUT2D eigenvalue weighted by atomic mass is 35.5. The first kappa shape index (κ1) is 36.6. The fourth-order valence-corrected chi connectivity index (χ4v) is 4.86. The predicted octanol–water partition coefficient (Wildman–Crippen LogP) is 6.68. The summed E-state index contributed by atoms with van der Waals surface area (Å²) in [7, 11) is 0. The number of para-hydroxylation sites is 1. The number of rotatable bonds is 8. The Morgan fingerprint density at radius 2 is 1.61 bits per heavy atom. The molecule has 3 aromatic rings. The monoisotopic (exact) mass is 643 g/mol. The molecule has 1 saturated heterocycles. The molecule has 1 amide bonds. The van der Waals surface area contributed by atoms with E-state index in [0.717, 1.165) is 68.5 Å². The average molecular weight is 646 g/mol. The third kappa shape index (κ3) is 8.56. The van der Waals surface area contributed by atoms with Gasteiger partial charge in [0.15, 0.2) is 0 Å². The first-order chi connectivity index (χ1) is 16.5. The predicted molar refractivity (Wildman–Crippen MR) is 169 cm³/mol. The number of anilines is 1. The van der Waals surface area contributed by atoms with E-state index in [1.807, 2.05) is 55.5 Å². The number of carbonyl (C=O) groups is 1. The van der Waals surface area contributed by atoms with Crippen LogP contribution >= 0.6 is 72.8 Å². The number of hydrogen-bond donors (Lipinski definition) is 1. The van der Waals surface area contributed by atoms with Crippen molar-refractivity contribution in [2.75, 3.05) is 44.2 Å². The summed E-state index contributed by atoms with van der Waals surface area (Å²) in [6, 6.07) is 15.8. The molecule has 0 radical (unpaired) electrons. The van der Waals surface area contributed by atoms with Gasteiger partial charge in [-0.15, -0.1) is 49.6 Å². The largest absolute Gasteiger partial charge is 0.368 e. The van der Waals surface area contributed by atoms with E-state index < -0.39 is 0 Å². The van der Waals surface area contributed by atoms with E-state index in [1.165, 1.54) is 0 Å². The van der Waals surface area contributed by atoms with Gasteiger partial charge in [-0.2, -0.15) is 0 Å². The lowest BCUT2D eigenvalue weighted by molar-refractivity contribution is 0.0942. The van der Waals surface area contributed by atoms with Crippen molar-refractivity contribution in [3.63, 3.8) is 0 Å². The quantitative estimate of drug-likeness (QED) is 0.297. The molecule has 0 bridgehead atoms. The molecule has 0 unspecified atom stereocenters. The molecule has 4 rings (SSSR count). The second-order valence-corrected chi connectivity index (χ2v) is 9.33. The van der Waals surface area contributed by atoms with Gasteiger partial charge < -0.3 is 14.8 Å². The Morgan fingerprint density at radius 1 is 0.947 bits per heavy atom. The summed E-state index contributed by atoms with van der Waals surface area (Å²) >= 11 is 12.6. The van der Waals surface area contributed by atoms with Crippen molar-refractivity contribution in [2.45, 2.75) is 26.7 Å². The standard InChI is InChI=1S/C26H31Cl2N5O.4ClH/c1-3-8-23-30-25(19(2)33(23)20-9-5-4-6-10-20)26(34)29-13-14-31-15-17-32(18-16-31)22-12-7-11-21(27)24(22)28;;;;/h4-7,9-12H,3,8,13-18H2,1-2H3,(H,29,34);4*1H. The van der Waals surface area contributed by atoms with Crippen molar-refractivity contribution >= 4 is 84.4 Å². The van der Waals surface area contributed by atoms with Crippen LogP contribution in [0, 0.1) is 6.92 Å². The van der Waals surface area contributed by atoms with Crippen LogP contribution in [-0.4, -0.2) is 59.6 Å². The van der Waals surface area contributed by atoms with Crippen LogP contribution in [0.5, 0.6) is 0 Å². The topological polar surface area (TPSA) is 53.4 Å². The zero-order chi connectivity index (χ0) is 24.1. The second kappa shape index (κ2) is 17.3. The van der Waals surface area contributed by atoms with Gasteiger partial charge in [0.25, 0.3) is 5.91 Å². The molecule has 2 heterocycles. The van der Waals surface area contributed by atoms with E-state index in [4.69, 9.17) is 28.2 Å². The van der Waals surface area contributed by atoms with Crippen LogP contribution in [0.1, 0.15) is 35.4 Å². The fraction of sp³-hybridized carbons (Fsp3) is 0.385. The molecule has 212 valence electrons. The summed E-state index contributed by atoms with van der Waals surface area (Å²) in [5, 5.41) is 4.26. The lowest BCUT2D eigenvalue weighted by Crippen LogP contribution is -2.48. The van der Waals surface area contributed by atoms with E-state index >= 15 is 0 Å². The van der Waals surface area contributed by atoms with Crippen LogP contribution in [-0.2, 0) is 6.42 Å². The van der Waals surface area contributed by atoms with Gasteiger partial charge in [-0.1, -0.05) is 54.4 Å². The van der Waals surface area contributed by atoms with Gasteiger partial charge in [0.05, 0.1) is 21.4 Å². The lowest BCUT2D eigenvalue weighted by Gasteiger charge is -2.36. The van der Waals surface area contributed by atoms with E-state index in [0.29, 0.717) is 22.3 Å². The first-order valence-corrected chi connectivity index (χ1v) is 12.6. The van der Waals surface area contributed by atoms with Crippen molar-refractivity contribution in [3.05, 3.63) is 75.8 Å². The number of aromatic nitrogens is 2. The molecule has 1 aromatic heterocycles. The normalized spacial score (nSPS) is 12.9. The number of hydrogen-bond acceptors (Lipinski definition) is 4. The Bertz CT molecular complexity index is 1140. The minimum absolute atomic E-state index is 0. The van der Waals surface area contributed by atoms with Crippen molar-refractivity contribution in [1.29, 1.82) is 0 Å². The van der Waals surface area contributed by atoms with Gasteiger partial charge >= 0.3 is 0 Å².